The van der Waals surface area contributed by atoms with E-state index in [1.807, 2.05) is 0 Å². The van der Waals surface area contributed by atoms with Crippen LogP contribution in [0.5, 0.6) is 0 Å². The topological polar surface area (TPSA) is 55.5 Å². The van der Waals surface area contributed by atoms with Crippen LogP contribution in [-0.4, -0.2) is 32.5 Å². The van der Waals surface area contributed by atoms with E-state index >= 15 is 0 Å². The first-order valence-electron chi connectivity index (χ1n) is 4.47. The third kappa shape index (κ3) is 12.5. The van der Waals surface area contributed by atoms with Crippen molar-refractivity contribution in [2.24, 2.45) is 5.73 Å². The lowest BCUT2D eigenvalue weighted by atomic mass is 9.98. The fraction of sp³-hybridized carbons (Fsp3) is 1.00. The number of ether oxygens (including phenoxy) is 1. The third-order valence-corrected chi connectivity index (χ3v) is 1.57. The van der Waals surface area contributed by atoms with E-state index in [1.165, 1.54) is 26.3 Å². The summed E-state index contributed by atoms with van der Waals surface area (Å²) >= 11 is 0. The monoisotopic (exact) mass is 177 g/mol. The molecule has 0 saturated heterocycles. The van der Waals surface area contributed by atoms with Gasteiger partial charge in [-0.1, -0.05) is 19.3 Å². The van der Waals surface area contributed by atoms with Crippen LogP contribution < -0.4 is 5.73 Å². The Labute approximate surface area is 75.9 Å². The minimum Gasteiger partial charge on any atom is -0.393 e. The maximum Gasteiger partial charge on any atom is 0.0540 e. The van der Waals surface area contributed by atoms with Crippen LogP contribution in [0.25, 0.3) is 0 Å². The molecular formula is C9H23NO2. The van der Waals surface area contributed by atoms with E-state index in [9.17, 15) is 0 Å². The summed E-state index contributed by atoms with van der Waals surface area (Å²) in [4.78, 5) is 0. The van der Waals surface area contributed by atoms with Gasteiger partial charge in [0.15, 0.2) is 0 Å². The highest BCUT2D eigenvalue weighted by atomic mass is 16.4. The Kier molecular flexibility index (Phi) is 16.2. The van der Waals surface area contributed by atoms with Gasteiger partial charge >= 0.3 is 0 Å². The van der Waals surface area contributed by atoms with E-state index < -0.39 is 0 Å². The van der Waals surface area contributed by atoms with Crippen molar-refractivity contribution in [1.29, 1.82) is 0 Å². The lowest BCUT2D eigenvalue weighted by molar-refractivity contribution is 0.130. The van der Waals surface area contributed by atoms with Gasteiger partial charge in [0.2, 0.25) is 0 Å². The predicted molar refractivity (Wildman–Crippen MR) is 52.1 cm³/mol. The van der Waals surface area contributed by atoms with Gasteiger partial charge in [0.25, 0.3) is 0 Å². The molecular weight excluding hydrogens is 154 g/mol. The molecule has 76 valence electrons. The quantitative estimate of drug-likeness (QED) is 0.583. The Hall–Kier alpha value is -0.120. The number of rotatable bonds is 0. The van der Waals surface area contributed by atoms with E-state index in [0.29, 0.717) is 0 Å². The summed E-state index contributed by atoms with van der Waals surface area (Å²) < 4.78 is 4.25. The zero-order valence-electron chi connectivity index (χ0n) is 8.55. The summed E-state index contributed by atoms with van der Waals surface area (Å²) in [5, 5.41) is 8.91. The van der Waals surface area contributed by atoms with Crippen molar-refractivity contribution < 1.29 is 9.84 Å². The van der Waals surface area contributed by atoms with Crippen LogP contribution in [0.15, 0.2) is 0 Å². The maximum absolute atomic E-state index is 8.91. The second kappa shape index (κ2) is 13.5. The fourth-order valence-corrected chi connectivity index (χ4v) is 1.08. The molecule has 0 aromatic heterocycles. The largest absolute Gasteiger partial charge is 0.393 e. The molecule has 0 unspecified atom stereocenters. The molecule has 0 aliphatic heterocycles. The summed E-state index contributed by atoms with van der Waals surface area (Å²) in [5.41, 5.74) is 4.50. The van der Waals surface area contributed by atoms with Gasteiger partial charge in [-0.25, -0.2) is 0 Å². The molecule has 0 radical (unpaired) electrons. The number of aliphatic hydroxyl groups excluding tert-OH is 1. The molecule has 1 saturated carbocycles. The van der Waals surface area contributed by atoms with Gasteiger partial charge in [0.05, 0.1) is 6.10 Å². The summed E-state index contributed by atoms with van der Waals surface area (Å²) in [5.74, 6) is 0. The summed E-state index contributed by atoms with van der Waals surface area (Å²) in [6, 6.07) is 0. The van der Waals surface area contributed by atoms with Crippen LogP contribution >= 0.6 is 0 Å². The molecule has 1 aliphatic rings. The molecule has 1 aliphatic carbocycles. The molecule has 12 heavy (non-hydrogen) atoms. The first-order chi connectivity index (χ1) is 5.81. The van der Waals surface area contributed by atoms with Crippen molar-refractivity contribution in [3.63, 3.8) is 0 Å². The smallest absolute Gasteiger partial charge is 0.0540 e. The van der Waals surface area contributed by atoms with Crippen molar-refractivity contribution in [2.45, 2.75) is 38.2 Å². The summed E-state index contributed by atoms with van der Waals surface area (Å²) in [7, 11) is 4.75. The second-order valence-corrected chi connectivity index (χ2v) is 2.70. The van der Waals surface area contributed by atoms with Crippen molar-refractivity contribution in [3.05, 3.63) is 0 Å². The van der Waals surface area contributed by atoms with Crippen molar-refractivity contribution in [3.8, 4) is 0 Å². The van der Waals surface area contributed by atoms with E-state index in [4.69, 9.17) is 5.11 Å². The Bertz CT molecular complexity index is 63.5. The first kappa shape index (κ1) is 14.4. The van der Waals surface area contributed by atoms with Crippen LogP contribution in [0, 0.1) is 0 Å². The van der Waals surface area contributed by atoms with Gasteiger partial charge in [-0.3, -0.25) is 0 Å². The molecule has 0 amide bonds. The average molecular weight is 177 g/mol. The Morgan fingerprint density at radius 3 is 1.58 bits per heavy atom. The molecule has 3 heteroatoms. The highest BCUT2D eigenvalue weighted by Crippen LogP contribution is 2.16. The molecule has 1 rings (SSSR count). The molecule has 3 N–H and O–H groups in total. The van der Waals surface area contributed by atoms with Gasteiger partial charge in [-0.15, -0.1) is 0 Å². The SMILES string of the molecule is CN.COC.OC1CCCCC1. The number of aliphatic hydroxyl groups is 1. The predicted octanol–water partition coefficient (Wildman–Crippen LogP) is 1.15. The van der Waals surface area contributed by atoms with Gasteiger partial charge in [0, 0.05) is 14.2 Å². The minimum atomic E-state index is 0.0359. The Balaban J connectivity index is 0. The zero-order valence-corrected chi connectivity index (χ0v) is 8.55. The minimum absolute atomic E-state index is 0.0359. The molecule has 0 aromatic carbocycles. The van der Waals surface area contributed by atoms with Crippen molar-refractivity contribution in [2.75, 3.05) is 21.3 Å². The van der Waals surface area contributed by atoms with Gasteiger partial charge < -0.3 is 15.6 Å². The number of nitrogens with two attached hydrogens (primary N) is 1. The number of hydrogen-bond acceptors (Lipinski definition) is 3. The second-order valence-electron chi connectivity index (χ2n) is 2.70. The standard InChI is InChI=1S/C6H12O.C2H6O.CH5N/c7-6-4-2-1-3-5-6;1-3-2;1-2/h6-7H,1-5H2;1-2H3;2H2,1H3. The Morgan fingerprint density at radius 2 is 1.42 bits per heavy atom. The van der Waals surface area contributed by atoms with Crippen LogP contribution in [0.2, 0.25) is 0 Å². The van der Waals surface area contributed by atoms with Gasteiger partial charge in [-0.2, -0.15) is 0 Å². The third-order valence-electron chi connectivity index (χ3n) is 1.57. The van der Waals surface area contributed by atoms with Crippen molar-refractivity contribution in [1.82, 2.24) is 0 Å². The van der Waals surface area contributed by atoms with Crippen molar-refractivity contribution >= 4 is 0 Å². The molecule has 0 heterocycles. The summed E-state index contributed by atoms with van der Waals surface area (Å²) in [6.07, 6.45) is 5.92. The zero-order chi connectivity index (χ0) is 9.82. The number of methoxy groups -OCH3 is 1. The van der Waals surface area contributed by atoms with Crippen LogP contribution in [0.3, 0.4) is 0 Å². The van der Waals surface area contributed by atoms with Crippen LogP contribution in [0.4, 0.5) is 0 Å². The maximum atomic E-state index is 8.91. The molecule has 0 aromatic rings. The van der Waals surface area contributed by atoms with E-state index in [2.05, 4.69) is 10.5 Å². The highest BCUT2D eigenvalue weighted by molar-refractivity contribution is 4.61. The molecule has 0 atom stereocenters. The molecule has 0 bridgehead atoms. The highest BCUT2D eigenvalue weighted by Gasteiger charge is 2.07. The lowest BCUT2D eigenvalue weighted by Crippen LogP contribution is -2.09. The van der Waals surface area contributed by atoms with E-state index in [0.717, 1.165) is 12.8 Å². The Morgan fingerprint density at radius 1 is 1.08 bits per heavy atom. The lowest BCUT2D eigenvalue weighted by Gasteiger charge is -2.14. The van der Waals surface area contributed by atoms with E-state index in [1.54, 1.807) is 14.2 Å². The normalized spacial score (nSPS) is 16.8. The fourth-order valence-electron chi connectivity index (χ4n) is 1.08. The van der Waals surface area contributed by atoms with Gasteiger partial charge in [0.1, 0.15) is 0 Å². The van der Waals surface area contributed by atoms with E-state index in [-0.39, 0.29) is 6.10 Å². The van der Waals surface area contributed by atoms with Crippen LogP contribution in [0.1, 0.15) is 32.1 Å². The first-order valence-corrected chi connectivity index (χ1v) is 4.47. The van der Waals surface area contributed by atoms with Gasteiger partial charge in [-0.05, 0) is 19.9 Å². The number of hydrogen-bond donors (Lipinski definition) is 2. The molecule has 3 nitrogen and oxygen atoms in total. The summed E-state index contributed by atoms with van der Waals surface area (Å²) in [6.45, 7) is 0. The average Bonchev–Trinajstić information content (AvgIpc) is 2.11. The molecule has 0 spiro atoms. The molecule has 1 fully saturated rings. The van der Waals surface area contributed by atoms with Crippen LogP contribution in [-0.2, 0) is 4.74 Å².